The van der Waals surface area contributed by atoms with Crippen molar-refractivity contribution in [3.05, 3.63) is 22.7 Å². The standard InChI is InChI=1S/C14H18ClNO4/c1-16(10-3-4-10)13(18)8-20-14-11(15)5-9(7-17)6-12(14)19-2/h5-6,10,17H,3-4,7-8H2,1-2H3. The lowest BCUT2D eigenvalue weighted by atomic mass is 10.2. The topological polar surface area (TPSA) is 59.0 Å². The van der Waals surface area contributed by atoms with Crippen LogP contribution in [0.1, 0.15) is 18.4 Å². The van der Waals surface area contributed by atoms with Crippen molar-refractivity contribution in [3.8, 4) is 11.5 Å². The minimum atomic E-state index is -0.139. The summed E-state index contributed by atoms with van der Waals surface area (Å²) in [6, 6.07) is 3.57. The van der Waals surface area contributed by atoms with E-state index < -0.39 is 0 Å². The summed E-state index contributed by atoms with van der Waals surface area (Å²) >= 11 is 6.09. The van der Waals surface area contributed by atoms with Gasteiger partial charge in [-0.25, -0.2) is 0 Å². The Labute approximate surface area is 123 Å². The molecule has 1 amide bonds. The monoisotopic (exact) mass is 299 g/mol. The average Bonchev–Trinajstić information content (AvgIpc) is 3.28. The highest BCUT2D eigenvalue weighted by Crippen LogP contribution is 2.36. The van der Waals surface area contributed by atoms with E-state index in [4.69, 9.17) is 26.2 Å². The van der Waals surface area contributed by atoms with Gasteiger partial charge in [0.1, 0.15) is 0 Å². The summed E-state index contributed by atoms with van der Waals surface area (Å²) < 4.78 is 10.7. The molecule has 0 unspecified atom stereocenters. The molecule has 20 heavy (non-hydrogen) atoms. The Morgan fingerprint density at radius 3 is 2.75 bits per heavy atom. The minimum absolute atomic E-state index is 0.0818. The molecule has 0 aromatic heterocycles. The van der Waals surface area contributed by atoms with E-state index in [1.807, 2.05) is 0 Å². The molecule has 2 rings (SSSR count). The van der Waals surface area contributed by atoms with Crippen molar-refractivity contribution in [3.63, 3.8) is 0 Å². The Morgan fingerprint density at radius 2 is 2.20 bits per heavy atom. The van der Waals surface area contributed by atoms with E-state index in [1.165, 1.54) is 7.11 Å². The summed E-state index contributed by atoms with van der Waals surface area (Å²) in [5.41, 5.74) is 0.626. The molecule has 1 saturated carbocycles. The molecule has 6 heteroatoms. The first-order chi connectivity index (χ1) is 9.56. The molecule has 0 saturated heterocycles. The third-order valence-corrected chi connectivity index (χ3v) is 3.58. The number of methoxy groups -OCH3 is 1. The fourth-order valence-corrected chi connectivity index (χ4v) is 2.19. The summed E-state index contributed by atoms with van der Waals surface area (Å²) in [5, 5.41) is 9.43. The molecule has 1 aromatic rings. The molecule has 0 bridgehead atoms. The lowest BCUT2D eigenvalue weighted by Crippen LogP contribution is -2.33. The maximum atomic E-state index is 11.9. The van der Waals surface area contributed by atoms with Crippen molar-refractivity contribution < 1.29 is 19.4 Å². The fourth-order valence-electron chi connectivity index (χ4n) is 1.91. The van der Waals surface area contributed by atoms with E-state index in [1.54, 1.807) is 24.1 Å². The Morgan fingerprint density at radius 1 is 1.50 bits per heavy atom. The van der Waals surface area contributed by atoms with Crippen molar-refractivity contribution in [2.75, 3.05) is 20.8 Å². The summed E-state index contributed by atoms with van der Waals surface area (Å²) in [4.78, 5) is 13.6. The number of ether oxygens (including phenoxy) is 2. The Bertz CT molecular complexity index is 502. The molecular formula is C14H18ClNO4. The van der Waals surface area contributed by atoms with Gasteiger partial charge in [0.2, 0.25) is 0 Å². The van der Waals surface area contributed by atoms with Gasteiger partial charge in [0.25, 0.3) is 5.91 Å². The Balaban J connectivity index is 2.06. The molecule has 110 valence electrons. The number of aliphatic hydroxyl groups is 1. The van der Waals surface area contributed by atoms with Crippen LogP contribution in [0.3, 0.4) is 0 Å². The van der Waals surface area contributed by atoms with Gasteiger partial charge >= 0.3 is 0 Å². The number of carbonyl (C=O) groups excluding carboxylic acids is 1. The number of rotatable bonds is 6. The summed E-state index contributed by atoms with van der Waals surface area (Å²) in [6.45, 7) is -0.221. The highest BCUT2D eigenvalue weighted by molar-refractivity contribution is 6.32. The van der Waals surface area contributed by atoms with Crippen LogP contribution < -0.4 is 9.47 Å². The lowest BCUT2D eigenvalue weighted by molar-refractivity contribution is -0.132. The van der Waals surface area contributed by atoms with Gasteiger partial charge in [-0.3, -0.25) is 4.79 Å². The van der Waals surface area contributed by atoms with Gasteiger partial charge in [-0.05, 0) is 30.5 Å². The summed E-state index contributed by atoms with van der Waals surface area (Å²) in [6.07, 6.45) is 2.11. The zero-order chi connectivity index (χ0) is 14.7. The number of carbonyl (C=O) groups is 1. The molecule has 0 aliphatic heterocycles. The van der Waals surface area contributed by atoms with E-state index in [0.717, 1.165) is 12.8 Å². The van der Waals surface area contributed by atoms with Gasteiger partial charge < -0.3 is 19.5 Å². The van der Waals surface area contributed by atoms with Crippen molar-refractivity contribution in [2.45, 2.75) is 25.5 Å². The van der Waals surface area contributed by atoms with Gasteiger partial charge in [-0.2, -0.15) is 0 Å². The smallest absolute Gasteiger partial charge is 0.260 e. The van der Waals surface area contributed by atoms with Gasteiger partial charge in [-0.1, -0.05) is 11.6 Å². The highest BCUT2D eigenvalue weighted by Gasteiger charge is 2.29. The van der Waals surface area contributed by atoms with Crippen LogP contribution in [0.5, 0.6) is 11.5 Å². The zero-order valence-electron chi connectivity index (χ0n) is 11.6. The molecular weight excluding hydrogens is 282 g/mol. The van der Waals surface area contributed by atoms with Crippen molar-refractivity contribution in [2.24, 2.45) is 0 Å². The first kappa shape index (κ1) is 14.9. The number of halogens is 1. The molecule has 1 aromatic carbocycles. The normalized spacial score (nSPS) is 14.0. The van der Waals surface area contributed by atoms with Gasteiger partial charge in [0, 0.05) is 13.1 Å². The van der Waals surface area contributed by atoms with E-state index >= 15 is 0 Å². The Kier molecular flexibility index (Phi) is 4.73. The second kappa shape index (κ2) is 6.33. The molecule has 0 radical (unpaired) electrons. The van der Waals surface area contributed by atoms with Crippen LogP contribution in [-0.2, 0) is 11.4 Å². The number of amides is 1. The maximum absolute atomic E-state index is 11.9. The Hall–Kier alpha value is -1.46. The van der Waals surface area contributed by atoms with Crippen LogP contribution >= 0.6 is 11.6 Å². The van der Waals surface area contributed by atoms with Gasteiger partial charge in [0.15, 0.2) is 18.1 Å². The molecule has 5 nitrogen and oxygen atoms in total. The molecule has 0 spiro atoms. The molecule has 1 aliphatic rings. The fraction of sp³-hybridized carbons (Fsp3) is 0.500. The molecule has 1 fully saturated rings. The van der Waals surface area contributed by atoms with Crippen LogP contribution in [0.4, 0.5) is 0 Å². The largest absolute Gasteiger partial charge is 0.493 e. The number of nitrogens with zero attached hydrogens (tertiary/aromatic N) is 1. The van der Waals surface area contributed by atoms with E-state index in [0.29, 0.717) is 28.1 Å². The third kappa shape index (κ3) is 3.35. The number of aliphatic hydroxyl groups excluding tert-OH is 1. The summed E-state index contributed by atoms with van der Waals surface area (Å²) in [7, 11) is 3.26. The SMILES string of the molecule is COc1cc(CO)cc(Cl)c1OCC(=O)N(C)C1CC1. The lowest BCUT2D eigenvalue weighted by Gasteiger charge is -2.18. The van der Waals surface area contributed by atoms with Crippen LogP contribution in [0.25, 0.3) is 0 Å². The maximum Gasteiger partial charge on any atom is 0.260 e. The predicted octanol–water partition coefficient (Wildman–Crippen LogP) is 1.84. The predicted molar refractivity (Wildman–Crippen MR) is 75.2 cm³/mol. The van der Waals surface area contributed by atoms with E-state index in [9.17, 15) is 4.79 Å². The quantitative estimate of drug-likeness (QED) is 0.871. The average molecular weight is 300 g/mol. The van der Waals surface area contributed by atoms with Crippen LogP contribution in [0.15, 0.2) is 12.1 Å². The first-order valence-corrected chi connectivity index (χ1v) is 6.80. The number of benzene rings is 1. The summed E-state index contributed by atoms with van der Waals surface area (Å²) in [5.74, 6) is 0.643. The number of hydrogen-bond acceptors (Lipinski definition) is 4. The minimum Gasteiger partial charge on any atom is -0.493 e. The number of hydrogen-bond donors (Lipinski definition) is 1. The molecule has 0 heterocycles. The van der Waals surface area contributed by atoms with Crippen LogP contribution in [0.2, 0.25) is 5.02 Å². The van der Waals surface area contributed by atoms with E-state index in [-0.39, 0.29) is 19.1 Å². The van der Waals surface area contributed by atoms with E-state index in [2.05, 4.69) is 0 Å². The second-order valence-corrected chi connectivity index (χ2v) is 5.20. The van der Waals surface area contributed by atoms with Crippen molar-refractivity contribution >= 4 is 17.5 Å². The van der Waals surface area contributed by atoms with Crippen molar-refractivity contribution in [1.82, 2.24) is 4.90 Å². The third-order valence-electron chi connectivity index (χ3n) is 3.30. The van der Waals surface area contributed by atoms with Gasteiger partial charge in [0.05, 0.1) is 18.7 Å². The van der Waals surface area contributed by atoms with Crippen molar-refractivity contribution in [1.29, 1.82) is 0 Å². The first-order valence-electron chi connectivity index (χ1n) is 6.42. The molecule has 1 aliphatic carbocycles. The zero-order valence-corrected chi connectivity index (χ0v) is 12.3. The van der Waals surface area contributed by atoms with Gasteiger partial charge in [-0.15, -0.1) is 0 Å². The van der Waals surface area contributed by atoms with Crippen LogP contribution in [0, 0.1) is 0 Å². The highest BCUT2D eigenvalue weighted by atomic mass is 35.5. The molecule has 0 atom stereocenters. The van der Waals surface area contributed by atoms with Crippen LogP contribution in [-0.4, -0.2) is 42.7 Å². The number of likely N-dealkylation sites (N-methyl/N-ethyl adjacent to an activating group) is 1. The second-order valence-electron chi connectivity index (χ2n) is 4.79. The molecule has 1 N–H and O–H groups in total.